The molecule has 1 aromatic rings. The minimum Gasteiger partial charge on any atom is -0.273 e. The van der Waals surface area contributed by atoms with Crippen LogP contribution in [-0.2, 0) is 4.79 Å². The Kier molecular flexibility index (Phi) is 3.04. The summed E-state index contributed by atoms with van der Waals surface area (Å²) >= 11 is 0. The topological polar surface area (TPSA) is 41.5 Å². The van der Waals surface area contributed by atoms with Crippen molar-refractivity contribution in [3.8, 4) is 0 Å². The molecule has 0 aliphatic heterocycles. The number of hydrogen-bond acceptors (Lipinski definition) is 2. The van der Waals surface area contributed by atoms with Crippen molar-refractivity contribution >= 4 is 12.1 Å². The molecule has 0 bridgehead atoms. The van der Waals surface area contributed by atoms with Gasteiger partial charge in [-0.25, -0.2) is 5.43 Å². The van der Waals surface area contributed by atoms with Gasteiger partial charge in [-0.05, 0) is 37.8 Å². The highest BCUT2D eigenvalue weighted by molar-refractivity contribution is 5.85. The molecule has 1 N–H and O–H groups in total. The Morgan fingerprint density at radius 2 is 2.19 bits per heavy atom. The van der Waals surface area contributed by atoms with Gasteiger partial charge in [-0.3, -0.25) is 4.79 Å². The standard InChI is InChI=1S/C13H16N2O/c1-9-3-4-10(2)12(7-9)8-14-15-13(16)11-5-6-11/h3-4,7-8,11H,5-6H2,1-2H3,(H,15,16)/b14-8-. The summed E-state index contributed by atoms with van der Waals surface area (Å²) in [6.07, 6.45) is 3.72. The molecule has 1 aliphatic rings. The lowest BCUT2D eigenvalue weighted by molar-refractivity contribution is -0.122. The van der Waals surface area contributed by atoms with E-state index in [9.17, 15) is 4.79 Å². The van der Waals surface area contributed by atoms with Crippen LogP contribution in [0.25, 0.3) is 0 Å². The number of rotatable bonds is 3. The summed E-state index contributed by atoms with van der Waals surface area (Å²) in [5, 5.41) is 3.98. The molecule has 1 fully saturated rings. The molecule has 0 saturated heterocycles. The number of benzene rings is 1. The SMILES string of the molecule is Cc1ccc(C)c(/C=N\NC(=O)C2CC2)c1. The van der Waals surface area contributed by atoms with E-state index in [4.69, 9.17) is 0 Å². The molecule has 0 unspecified atom stereocenters. The summed E-state index contributed by atoms with van der Waals surface area (Å²) in [7, 11) is 0. The molecule has 0 radical (unpaired) electrons. The van der Waals surface area contributed by atoms with Crippen LogP contribution in [0.1, 0.15) is 29.5 Å². The second-order valence-electron chi connectivity index (χ2n) is 4.37. The molecule has 3 heteroatoms. The van der Waals surface area contributed by atoms with Crippen LogP contribution in [0.4, 0.5) is 0 Å². The highest BCUT2D eigenvalue weighted by Crippen LogP contribution is 2.28. The Hall–Kier alpha value is -1.64. The Bertz CT molecular complexity index is 434. The zero-order chi connectivity index (χ0) is 11.5. The molecule has 1 aliphatic carbocycles. The van der Waals surface area contributed by atoms with Crippen molar-refractivity contribution in [2.75, 3.05) is 0 Å². The first-order valence-electron chi connectivity index (χ1n) is 5.57. The third kappa shape index (κ3) is 2.69. The second kappa shape index (κ2) is 4.47. The van der Waals surface area contributed by atoms with Crippen LogP contribution >= 0.6 is 0 Å². The minimum atomic E-state index is 0.0431. The van der Waals surface area contributed by atoms with Crippen LogP contribution in [0.3, 0.4) is 0 Å². The van der Waals surface area contributed by atoms with Crippen LogP contribution in [0.15, 0.2) is 23.3 Å². The molecule has 16 heavy (non-hydrogen) atoms. The highest BCUT2D eigenvalue weighted by atomic mass is 16.2. The molecule has 0 spiro atoms. The Balaban J connectivity index is 1.99. The van der Waals surface area contributed by atoms with Gasteiger partial charge in [0.25, 0.3) is 0 Å². The number of aryl methyl sites for hydroxylation is 2. The number of amides is 1. The summed E-state index contributed by atoms with van der Waals surface area (Å²) in [4.78, 5) is 11.3. The van der Waals surface area contributed by atoms with Gasteiger partial charge in [0.1, 0.15) is 0 Å². The molecule has 0 heterocycles. The monoisotopic (exact) mass is 216 g/mol. The van der Waals surface area contributed by atoms with E-state index in [0.717, 1.165) is 24.0 Å². The van der Waals surface area contributed by atoms with Gasteiger partial charge >= 0.3 is 0 Å². The lowest BCUT2D eigenvalue weighted by Gasteiger charge is -2.01. The average molecular weight is 216 g/mol. The lowest BCUT2D eigenvalue weighted by Crippen LogP contribution is -2.19. The quantitative estimate of drug-likeness (QED) is 0.610. The van der Waals surface area contributed by atoms with Gasteiger partial charge in [-0.1, -0.05) is 23.8 Å². The number of hydrogen-bond donors (Lipinski definition) is 1. The minimum absolute atomic E-state index is 0.0431. The lowest BCUT2D eigenvalue weighted by atomic mass is 10.1. The second-order valence-corrected chi connectivity index (χ2v) is 4.37. The molecule has 84 valence electrons. The van der Waals surface area contributed by atoms with E-state index in [-0.39, 0.29) is 11.8 Å². The zero-order valence-corrected chi connectivity index (χ0v) is 9.66. The van der Waals surface area contributed by atoms with Crippen LogP contribution in [-0.4, -0.2) is 12.1 Å². The number of nitrogens with zero attached hydrogens (tertiary/aromatic N) is 1. The molecule has 1 amide bonds. The first-order valence-corrected chi connectivity index (χ1v) is 5.57. The van der Waals surface area contributed by atoms with Gasteiger partial charge in [0.15, 0.2) is 0 Å². The van der Waals surface area contributed by atoms with Crippen LogP contribution < -0.4 is 5.43 Å². The fraction of sp³-hybridized carbons (Fsp3) is 0.385. The van der Waals surface area contributed by atoms with Crippen LogP contribution in [0.5, 0.6) is 0 Å². The Morgan fingerprint density at radius 1 is 1.44 bits per heavy atom. The van der Waals surface area contributed by atoms with Gasteiger partial charge < -0.3 is 0 Å². The van der Waals surface area contributed by atoms with E-state index in [1.807, 2.05) is 13.8 Å². The highest BCUT2D eigenvalue weighted by Gasteiger charge is 2.29. The van der Waals surface area contributed by atoms with Gasteiger partial charge in [0.2, 0.25) is 5.91 Å². The smallest absolute Gasteiger partial charge is 0.243 e. The third-order valence-corrected chi connectivity index (χ3v) is 2.76. The maximum absolute atomic E-state index is 11.3. The number of carbonyl (C=O) groups excluding carboxylic acids is 1. The van der Waals surface area contributed by atoms with Crippen LogP contribution in [0.2, 0.25) is 0 Å². The largest absolute Gasteiger partial charge is 0.273 e. The van der Waals surface area contributed by atoms with E-state index in [1.165, 1.54) is 5.56 Å². The van der Waals surface area contributed by atoms with Crippen molar-refractivity contribution in [1.29, 1.82) is 0 Å². The number of hydrazone groups is 1. The molecule has 3 nitrogen and oxygen atoms in total. The van der Waals surface area contributed by atoms with Crippen molar-refractivity contribution in [2.24, 2.45) is 11.0 Å². The number of nitrogens with one attached hydrogen (secondary N) is 1. The summed E-state index contributed by atoms with van der Waals surface area (Å²) in [5.41, 5.74) is 5.98. The first kappa shape index (κ1) is 10.9. The molecule has 2 rings (SSSR count). The van der Waals surface area contributed by atoms with E-state index in [1.54, 1.807) is 6.21 Å². The van der Waals surface area contributed by atoms with Gasteiger partial charge in [-0.2, -0.15) is 5.10 Å². The van der Waals surface area contributed by atoms with Gasteiger partial charge in [-0.15, -0.1) is 0 Å². The summed E-state index contributed by atoms with van der Waals surface area (Å²) in [6, 6.07) is 6.18. The van der Waals surface area contributed by atoms with Gasteiger partial charge in [0.05, 0.1) is 6.21 Å². The van der Waals surface area contributed by atoms with Crippen molar-refractivity contribution in [2.45, 2.75) is 26.7 Å². The van der Waals surface area contributed by atoms with Crippen LogP contribution in [0, 0.1) is 19.8 Å². The summed E-state index contributed by atoms with van der Waals surface area (Å²) < 4.78 is 0. The molecular formula is C13H16N2O. The zero-order valence-electron chi connectivity index (χ0n) is 9.66. The Labute approximate surface area is 95.6 Å². The molecular weight excluding hydrogens is 200 g/mol. The predicted molar refractivity (Wildman–Crippen MR) is 64.4 cm³/mol. The molecule has 1 saturated carbocycles. The fourth-order valence-corrected chi connectivity index (χ4v) is 1.50. The summed E-state index contributed by atoms with van der Waals surface area (Å²) in [5.74, 6) is 0.248. The average Bonchev–Trinajstić information content (AvgIpc) is 3.06. The third-order valence-electron chi connectivity index (χ3n) is 2.76. The maximum Gasteiger partial charge on any atom is 0.243 e. The predicted octanol–water partition coefficient (Wildman–Crippen LogP) is 2.16. The van der Waals surface area contributed by atoms with E-state index in [2.05, 4.69) is 28.7 Å². The van der Waals surface area contributed by atoms with Crippen molar-refractivity contribution in [3.63, 3.8) is 0 Å². The summed E-state index contributed by atoms with van der Waals surface area (Å²) in [6.45, 7) is 4.07. The molecule has 1 aromatic carbocycles. The van der Waals surface area contributed by atoms with Crippen molar-refractivity contribution < 1.29 is 4.79 Å². The Morgan fingerprint density at radius 3 is 2.88 bits per heavy atom. The van der Waals surface area contributed by atoms with Gasteiger partial charge in [0, 0.05) is 5.92 Å². The normalized spacial score (nSPS) is 15.4. The molecule has 0 aromatic heterocycles. The van der Waals surface area contributed by atoms with E-state index >= 15 is 0 Å². The maximum atomic E-state index is 11.3. The first-order chi connectivity index (χ1) is 7.66. The van der Waals surface area contributed by atoms with E-state index < -0.39 is 0 Å². The number of carbonyl (C=O) groups is 1. The fourth-order valence-electron chi connectivity index (χ4n) is 1.50. The molecule has 0 atom stereocenters. The van der Waals surface area contributed by atoms with Crippen molar-refractivity contribution in [1.82, 2.24) is 5.43 Å². The van der Waals surface area contributed by atoms with E-state index in [0.29, 0.717) is 0 Å². The van der Waals surface area contributed by atoms with Crippen molar-refractivity contribution in [3.05, 3.63) is 34.9 Å².